The molecule has 1 unspecified atom stereocenters. The lowest BCUT2D eigenvalue weighted by Crippen LogP contribution is -2.43. The van der Waals surface area contributed by atoms with Crippen molar-refractivity contribution in [2.75, 3.05) is 5.75 Å². The van der Waals surface area contributed by atoms with Gasteiger partial charge >= 0.3 is 12.2 Å². The smallest absolute Gasteiger partial charge is 0.419 e. The number of nitrogens with zero attached hydrogens (tertiary/aromatic N) is 1. The summed E-state index contributed by atoms with van der Waals surface area (Å²) in [5, 5.41) is 25.6. The molecule has 0 radical (unpaired) electrons. The van der Waals surface area contributed by atoms with Gasteiger partial charge in [0.25, 0.3) is 10.1 Å². The van der Waals surface area contributed by atoms with E-state index in [0.717, 1.165) is 0 Å². The van der Waals surface area contributed by atoms with Gasteiger partial charge in [-0.3, -0.25) is 4.55 Å². The Morgan fingerprint density at radius 2 is 1.60 bits per heavy atom. The number of imide groups is 1. The number of carbonyl (C=O) groups is 2. The molecule has 0 aliphatic heterocycles. The van der Waals surface area contributed by atoms with Crippen LogP contribution in [0.2, 0.25) is 0 Å². The Morgan fingerprint density at radius 3 is 1.87 bits per heavy atom. The molecular weight excluding hydrogens is 234 g/mol. The van der Waals surface area contributed by atoms with Crippen LogP contribution < -0.4 is 0 Å². The zero-order valence-electron chi connectivity index (χ0n) is 7.27. The van der Waals surface area contributed by atoms with Gasteiger partial charge in [-0.25, -0.2) is 9.59 Å². The summed E-state index contributed by atoms with van der Waals surface area (Å²) >= 11 is 0. The average Bonchev–Trinajstić information content (AvgIpc) is 1.97. The summed E-state index contributed by atoms with van der Waals surface area (Å²) in [6.07, 6.45) is -6.66. The number of amides is 2. The molecule has 2 amide bonds. The van der Waals surface area contributed by atoms with E-state index < -0.39 is 40.7 Å². The Balaban J connectivity index is 4.47. The first kappa shape index (κ1) is 13.6. The molecule has 0 aliphatic carbocycles. The standard InChI is InChI=1S/C5H9NO8S/c7-3(1-2-15(12,13)14)6(4(8)9)5(10)11/h3,7H,1-2H2,(H,8,9)(H,10,11)(H,12,13,14). The van der Waals surface area contributed by atoms with Crippen molar-refractivity contribution in [3.8, 4) is 0 Å². The molecule has 4 N–H and O–H groups in total. The predicted octanol–water partition coefficient (Wildman–Crippen LogP) is -0.759. The summed E-state index contributed by atoms with van der Waals surface area (Å²) in [4.78, 5) is 20.2. The lowest BCUT2D eigenvalue weighted by atomic mass is 10.4. The van der Waals surface area contributed by atoms with Gasteiger partial charge in [0.15, 0.2) is 0 Å². The van der Waals surface area contributed by atoms with Gasteiger partial charge in [0, 0.05) is 6.42 Å². The summed E-state index contributed by atoms with van der Waals surface area (Å²) in [5.74, 6) is -0.939. The molecule has 0 heterocycles. The molecular formula is C5H9NO8S. The van der Waals surface area contributed by atoms with Crippen LogP contribution in [0.4, 0.5) is 9.59 Å². The zero-order chi connectivity index (χ0) is 12.2. The Kier molecular flexibility index (Phi) is 4.45. The number of hydrogen-bond donors (Lipinski definition) is 4. The van der Waals surface area contributed by atoms with Crippen LogP contribution >= 0.6 is 0 Å². The van der Waals surface area contributed by atoms with Crippen molar-refractivity contribution in [1.82, 2.24) is 4.90 Å². The van der Waals surface area contributed by atoms with Crippen LogP contribution in [-0.2, 0) is 10.1 Å². The first-order chi connectivity index (χ1) is 6.65. The Hall–Kier alpha value is -1.39. The number of aliphatic hydroxyl groups excluding tert-OH is 1. The predicted molar refractivity (Wildman–Crippen MR) is 44.9 cm³/mol. The molecule has 0 aromatic carbocycles. The molecule has 1 atom stereocenters. The van der Waals surface area contributed by atoms with Crippen LogP contribution in [0.15, 0.2) is 0 Å². The first-order valence-corrected chi connectivity index (χ1v) is 5.14. The van der Waals surface area contributed by atoms with E-state index in [1.165, 1.54) is 0 Å². The van der Waals surface area contributed by atoms with Gasteiger partial charge in [-0.15, -0.1) is 0 Å². The fourth-order valence-electron chi connectivity index (χ4n) is 0.720. The van der Waals surface area contributed by atoms with Crippen molar-refractivity contribution in [3.05, 3.63) is 0 Å². The number of hydrogen-bond acceptors (Lipinski definition) is 5. The second kappa shape index (κ2) is 4.91. The Bertz CT molecular complexity index is 334. The molecule has 10 heteroatoms. The van der Waals surface area contributed by atoms with Crippen molar-refractivity contribution in [1.29, 1.82) is 0 Å². The number of carboxylic acid groups (broad SMARTS) is 2. The largest absolute Gasteiger partial charge is 0.464 e. The molecule has 0 bridgehead atoms. The van der Waals surface area contributed by atoms with Gasteiger partial charge in [-0.05, 0) is 0 Å². The van der Waals surface area contributed by atoms with Crippen LogP contribution in [0.3, 0.4) is 0 Å². The average molecular weight is 243 g/mol. The van der Waals surface area contributed by atoms with E-state index in [4.69, 9.17) is 19.9 Å². The highest BCUT2D eigenvalue weighted by molar-refractivity contribution is 7.85. The van der Waals surface area contributed by atoms with E-state index in [1.54, 1.807) is 0 Å². The van der Waals surface area contributed by atoms with E-state index in [-0.39, 0.29) is 4.90 Å². The van der Waals surface area contributed by atoms with Gasteiger partial charge in [0.2, 0.25) is 0 Å². The Morgan fingerprint density at radius 1 is 1.20 bits per heavy atom. The van der Waals surface area contributed by atoms with Crippen LogP contribution in [0.25, 0.3) is 0 Å². The highest BCUT2D eigenvalue weighted by Crippen LogP contribution is 2.04. The Labute approximate surface area is 84.3 Å². The highest BCUT2D eigenvalue weighted by atomic mass is 32.2. The van der Waals surface area contributed by atoms with E-state index in [0.29, 0.717) is 0 Å². The monoisotopic (exact) mass is 243 g/mol. The van der Waals surface area contributed by atoms with E-state index >= 15 is 0 Å². The molecule has 0 saturated heterocycles. The summed E-state index contributed by atoms with van der Waals surface area (Å²) in [6.45, 7) is 0. The lowest BCUT2D eigenvalue weighted by molar-refractivity contribution is 0.0171. The van der Waals surface area contributed by atoms with Crippen molar-refractivity contribution < 1.29 is 37.9 Å². The second-order valence-corrected chi connectivity index (χ2v) is 4.06. The highest BCUT2D eigenvalue weighted by Gasteiger charge is 2.28. The molecule has 0 saturated carbocycles. The fraction of sp³-hybridized carbons (Fsp3) is 0.600. The molecule has 0 aliphatic rings. The van der Waals surface area contributed by atoms with Gasteiger partial charge in [-0.1, -0.05) is 0 Å². The number of rotatable bonds is 4. The summed E-state index contributed by atoms with van der Waals surface area (Å²) in [7, 11) is -4.38. The van der Waals surface area contributed by atoms with E-state index in [2.05, 4.69) is 0 Å². The van der Waals surface area contributed by atoms with E-state index in [9.17, 15) is 18.0 Å². The maximum Gasteiger partial charge on any atom is 0.419 e. The molecule has 9 nitrogen and oxygen atoms in total. The topological polar surface area (TPSA) is 152 Å². The van der Waals surface area contributed by atoms with Crippen molar-refractivity contribution in [3.63, 3.8) is 0 Å². The summed E-state index contributed by atoms with van der Waals surface area (Å²) in [5.41, 5.74) is 0. The molecule has 15 heavy (non-hydrogen) atoms. The van der Waals surface area contributed by atoms with Crippen molar-refractivity contribution in [2.45, 2.75) is 12.6 Å². The van der Waals surface area contributed by atoms with E-state index in [1.807, 2.05) is 0 Å². The molecule has 88 valence electrons. The first-order valence-electron chi connectivity index (χ1n) is 3.53. The van der Waals surface area contributed by atoms with Crippen molar-refractivity contribution >= 4 is 22.3 Å². The molecule has 0 aromatic rings. The lowest BCUT2D eigenvalue weighted by Gasteiger charge is -2.19. The maximum atomic E-state index is 10.3. The minimum atomic E-state index is -4.38. The number of aliphatic hydroxyl groups is 1. The van der Waals surface area contributed by atoms with Crippen LogP contribution in [-0.4, -0.2) is 57.4 Å². The minimum Gasteiger partial charge on any atom is -0.464 e. The van der Waals surface area contributed by atoms with Crippen LogP contribution in [0.5, 0.6) is 0 Å². The summed E-state index contributed by atoms with van der Waals surface area (Å²) < 4.78 is 28.7. The van der Waals surface area contributed by atoms with Crippen LogP contribution in [0, 0.1) is 0 Å². The normalized spacial score (nSPS) is 13.2. The quantitative estimate of drug-likeness (QED) is 0.371. The fourth-order valence-corrected chi connectivity index (χ4v) is 1.23. The van der Waals surface area contributed by atoms with Gasteiger partial charge in [-0.2, -0.15) is 13.3 Å². The minimum absolute atomic E-state index is 0.370. The molecule has 0 rings (SSSR count). The van der Waals surface area contributed by atoms with Gasteiger partial charge in [0.1, 0.15) is 6.23 Å². The SMILES string of the molecule is O=C(O)N(C(=O)O)C(O)CCS(=O)(=O)O. The second-order valence-electron chi connectivity index (χ2n) is 2.49. The molecule has 0 spiro atoms. The van der Waals surface area contributed by atoms with Crippen LogP contribution in [0.1, 0.15) is 6.42 Å². The van der Waals surface area contributed by atoms with Crippen molar-refractivity contribution in [2.24, 2.45) is 0 Å². The maximum absolute atomic E-state index is 10.3. The van der Waals surface area contributed by atoms with Gasteiger partial charge in [0.05, 0.1) is 5.75 Å². The molecule has 0 aromatic heterocycles. The molecule has 0 fully saturated rings. The third-order valence-corrected chi connectivity index (χ3v) is 2.10. The zero-order valence-corrected chi connectivity index (χ0v) is 8.09. The van der Waals surface area contributed by atoms with Gasteiger partial charge < -0.3 is 15.3 Å². The third kappa shape index (κ3) is 5.15. The third-order valence-electron chi connectivity index (χ3n) is 1.34. The summed E-state index contributed by atoms with van der Waals surface area (Å²) in [6, 6.07) is 0.